The van der Waals surface area contributed by atoms with Crippen molar-refractivity contribution in [3.63, 3.8) is 0 Å². The van der Waals surface area contributed by atoms with E-state index in [0.717, 1.165) is 12.1 Å². The van der Waals surface area contributed by atoms with Crippen LogP contribution in [0.15, 0.2) is 12.1 Å². The molecule has 64 valence electrons. The lowest BCUT2D eigenvalue weighted by molar-refractivity contribution is -0.0000771. The van der Waals surface area contributed by atoms with Crippen molar-refractivity contribution in [2.75, 3.05) is 0 Å². The van der Waals surface area contributed by atoms with Crippen molar-refractivity contribution in [1.29, 1.82) is 0 Å². The molecular weight excluding hydrogens is 166 g/mol. The van der Waals surface area contributed by atoms with Crippen LogP contribution in [0.4, 0.5) is 8.78 Å². The molecule has 0 saturated heterocycles. The third kappa shape index (κ3) is 0.956. The van der Waals surface area contributed by atoms with Crippen molar-refractivity contribution in [3.05, 3.63) is 29.3 Å². The maximum Gasteiger partial charge on any atom is 0.201 e. The van der Waals surface area contributed by atoms with Gasteiger partial charge >= 0.3 is 0 Å². The number of hydrogen-bond acceptors (Lipinski definition) is 2. The minimum absolute atomic E-state index is 0.0128. The summed E-state index contributed by atoms with van der Waals surface area (Å²) in [5.41, 5.74) is 0.113. The third-order valence-corrected chi connectivity index (χ3v) is 1.79. The van der Waals surface area contributed by atoms with E-state index in [1.807, 2.05) is 0 Å². The van der Waals surface area contributed by atoms with Crippen LogP contribution in [0.2, 0.25) is 0 Å². The van der Waals surface area contributed by atoms with Gasteiger partial charge in [0, 0.05) is 12.0 Å². The Balaban J connectivity index is 2.56. The van der Waals surface area contributed by atoms with Gasteiger partial charge in [-0.15, -0.1) is 0 Å². The summed E-state index contributed by atoms with van der Waals surface area (Å²) in [6.45, 7) is 0. The molecule has 0 fully saturated rings. The summed E-state index contributed by atoms with van der Waals surface area (Å²) in [5, 5.41) is 8.94. The molecule has 4 heteroatoms. The molecule has 1 N–H and O–H groups in total. The molecule has 0 aromatic heterocycles. The number of aliphatic hydroxyl groups is 1. The van der Waals surface area contributed by atoms with Crippen molar-refractivity contribution in [3.8, 4) is 5.75 Å². The highest BCUT2D eigenvalue weighted by Gasteiger charge is 2.26. The van der Waals surface area contributed by atoms with E-state index in [1.165, 1.54) is 0 Å². The van der Waals surface area contributed by atoms with Crippen molar-refractivity contribution in [2.24, 2.45) is 0 Å². The Morgan fingerprint density at radius 1 is 1.33 bits per heavy atom. The largest absolute Gasteiger partial charge is 0.461 e. The SMILES string of the molecule is OC1Cc2c(F)ccc(F)c2O1. The van der Waals surface area contributed by atoms with Gasteiger partial charge in [-0.25, -0.2) is 8.78 Å². The molecule has 2 rings (SSSR count). The van der Waals surface area contributed by atoms with Gasteiger partial charge in [0.1, 0.15) is 5.82 Å². The number of benzene rings is 1. The van der Waals surface area contributed by atoms with Crippen LogP contribution < -0.4 is 4.74 Å². The first-order chi connectivity index (χ1) is 5.68. The molecule has 0 radical (unpaired) electrons. The van der Waals surface area contributed by atoms with Gasteiger partial charge in [0.25, 0.3) is 0 Å². The smallest absolute Gasteiger partial charge is 0.201 e. The highest BCUT2D eigenvalue weighted by Crippen LogP contribution is 2.32. The van der Waals surface area contributed by atoms with Crippen LogP contribution in [0.5, 0.6) is 5.75 Å². The topological polar surface area (TPSA) is 29.5 Å². The highest BCUT2D eigenvalue weighted by molar-refractivity contribution is 5.39. The molecular formula is C8H6F2O2. The monoisotopic (exact) mass is 172 g/mol. The first-order valence-corrected chi connectivity index (χ1v) is 3.50. The van der Waals surface area contributed by atoms with E-state index < -0.39 is 17.9 Å². The van der Waals surface area contributed by atoms with E-state index in [1.54, 1.807) is 0 Å². The fraction of sp³-hybridized carbons (Fsp3) is 0.250. The Morgan fingerprint density at radius 2 is 2.00 bits per heavy atom. The summed E-state index contributed by atoms with van der Waals surface area (Å²) in [7, 11) is 0. The van der Waals surface area contributed by atoms with Gasteiger partial charge in [-0.1, -0.05) is 0 Å². The second kappa shape index (κ2) is 2.42. The Bertz CT molecular complexity index is 294. The molecule has 0 bridgehead atoms. The van der Waals surface area contributed by atoms with Gasteiger partial charge in [-0.05, 0) is 12.1 Å². The summed E-state index contributed by atoms with van der Waals surface area (Å²) >= 11 is 0. The van der Waals surface area contributed by atoms with Crippen molar-refractivity contribution < 1.29 is 18.6 Å². The van der Waals surface area contributed by atoms with E-state index in [9.17, 15) is 8.78 Å². The first-order valence-electron chi connectivity index (χ1n) is 3.50. The molecule has 1 heterocycles. The minimum Gasteiger partial charge on any atom is -0.461 e. The van der Waals surface area contributed by atoms with Gasteiger partial charge in [0.05, 0.1) is 0 Å². The maximum atomic E-state index is 12.9. The summed E-state index contributed by atoms with van der Waals surface area (Å²) in [6, 6.07) is 2.00. The Kier molecular flexibility index (Phi) is 1.51. The summed E-state index contributed by atoms with van der Waals surface area (Å²) in [5.74, 6) is -1.34. The molecule has 0 spiro atoms. The second-order valence-corrected chi connectivity index (χ2v) is 2.61. The zero-order valence-electron chi connectivity index (χ0n) is 6.05. The average molecular weight is 172 g/mol. The molecule has 1 unspecified atom stereocenters. The van der Waals surface area contributed by atoms with Crippen molar-refractivity contribution in [2.45, 2.75) is 12.7 Å². The molecule has 1 atom stereocenters. The number of halogens is 2. The van der Waals surface area contributed by atoms with Gasteiger partial charge in [0.2, 0.25) is 6.29 Å². The Hall–Kier alpha value is -1.16. The molecule has 2 nitrogen and oxygen atoms in total. The van der Waals surface area contributed by atoms with Gasteiger partial charge in [-0.3, -0.25) is 0 Å². The zero-order chi connectivity index (χ0) is 8.72. The van der Waals surface area contributed by atoms with Crippen LogP contribution in [0.1, 0.15) is 5.56 Å². The lowest BCUT2D eigenvalue weighted by Gasteiger charge is -2.01. The predicted molar refractivity (Wildman–Crippen MR) is 36.7 cm³/mol. The molecule has 1 aromatic carbocycles. The van der Waals surface area contributed by atoms with Crippen LogP contribution in [-0.4, -0.2) is 11.4 Å². The fourth-order valence-corrected chi connectivity index (χ4v) is 1.25. The number of ether oxygens (including phenoxy) is 1. The molecule has 0 amide bonds. The molecule has 1 aliphatic rings. The summed E-state index contributed by atoms with van der Waals surface area (Å²) in [4.78, 5) is 0. The molecule has 0 aliphatic carbocycles. The van der Waals surface area contributed by atoms with E-state index in [0.29, 0.717) is 0 Å². The molecule has 0 saturated carbocycles. The third-order valence-electron chi connectivity index (χ3n) is 1.79. The number of aliphatic hydroxyl groups excluding tert-OH is 1. The van der Waals surface area contributed by atoms with Crippen molar-refractivity contribution in [1.82, 2.24) is 0 Å². The standard InChI is InChI=1S/C8H6F2O2/c9-5-1-2-6(10)8-4(5)3-7(11)12-8/h1-2,7,11H,3H2. The Morgan fingerprint density at radius 3 is 2.67 bits per heavy atom. The van der Waals surface area contributed by atoms with Crippen molar-refractivity contribution >= 4 is 0 Å². The number of rotatable bonds is 0. The van der Waals surface area contributed by atoms with Crippen LogP contribution in [-0.2, 0) is 6.42 Å². The number of hydrogen-bond donors (Lipinski definition) is 1. The van der Waals surface area contributed by atoms with Gasteiger partial charge in [-0.2, -0.15) is 0 Å². The zero-order valence-corrected chi connectivity index (χ0v) is 6.05. The minimum atomic E-state index is -1.12. The van der Waals surface area contributed by atoms with E-state index in [-0.39, 0.29) is 17.7 Å². The van der Waals surface area contributed by atoms with Gasteiger partial charge in [0.15, 0.2) is 11.6 Å². The van der Waals surface area contributed by atoms with Crippen LogP contribution >= 0.6 is 0 Å². The second-order valence-electron chi connectivity index (χ2n) is 2.61. The van der Waals surface area contributed by atoms with Gasteiger partial charge < -0.3 is 9.84 Å². The maximum absolute atomic E-state index is 12.9. The highest BCUT2D eigenvalue weighted by atomic mass is 19.1. The first kappa shape index (κ1) is 7.49. The predicted octanol–water partition coefficient (Wildman–Crippen LogP) is 1.22. The fourth-order valence-electron chi connectivity index (χ4n) is 1.25. The summed E-state index contributed by atoms with van der Waals surface area (Å²) < 4.78 is 30.4. The molecule has 1 aromatic rings. The quantitative estimate of drug-likeness (QED) is 0.637. The number of fused-ring (bicyclic) bond motifs is 1. The molecule has 1 aliphatic heterocycles. The lowest BCUT2D eigenvalue weighted by atomic mass is 10.1. The normalized spacial score (nSPS) is 20.4. The van der Waals surface area contributed by atoms with E-state index >= 15 is 0 Å². The lowest BCUT2D eigenvalue weighted by Crippen LogP contribution is -2.10. The Labute approximate surface area is 67.4 Å². The van der Waals surface area contributed by atoms with Crippen LogP contribution in [0.3, 0.4) is 0 Å². The van der Waals surface area contributed by atoms with E-state index in [4.69, 9.17) is 5.11 Å². The summed E-state index contributed by atoms with van der Waals surface area (Å²) in [6.07, 6.45) is -1.11. The van der Waals surface area contributed by atoms with Crippen LogP contribution in [0.25, 0.3) is 0 Å². The van der Waals surface area contributed by atoms with Crippen LogP contribution in [0, 0.1) is 11.6 Å². The average Bonchev–Trinajstić information content (AvgIpc) is 2.41. The molecule has 12 heavy (non-hydrogen) atoms. The van der Waals surface area contributed by atoms with E-state index in [2.05, 4.69) is 4.74 Å².